The number of thiazole rings is 1. The average molecular weight is 697 g/mol. The molecule has 0 saturated carbocycles. The van der Waals surface area contributed by atoms with Gasteiger partial charge in [-0.2, -0.15) is 9.97 Å². The van der Waals surface area contributed by atoms with Crippen LogP contribution in [0.3, 0.4) is 0 Å². The highest BCUT2D eigenvalue weighted by atomic mass is 32.1. The Hall–Kier alpha value is -6.96. The highest BCUT2D eigenvalue weighted by Gasteiger charge is 2.24. The molecule has 0 aliphatic heterocycles. The lowest BCUT2D eigenvalue weighted by atomic mass is 9.99. The Balaban J connectivity index is 1.29. The van der Waals surface area contributed by atoms with E-state index in [4.69, 9.17) is 19.9 Å². The normalized spacial score (nSPS) is 11.8. The molecule has 0 amide bonds. The molecule has 0 unspecified atom stereocenters. The van der Waals surface area contributed by atoms with E-state index in [1.54, 1.807) is 11.3 Å². The third-order valence-corrected chi connectivity index (χ3v) is 11.1. The highest BCUT2D eigenvalue weighted by Crippen LogP contribution is 2.43. The quantitative estimate of drug-likeness (QED) is 0.180. The summed E-state index contributed by atoms with van der Waals surface area (Å²) >= 11 is 1.70. The maximum Gasteiger partial charge on any atom is 0.238 e. The first kappa shape index (κ1) is 29.7. The van der Waals surface area contributed by atoms with E-state index in [1.807, 2.05) is 36.4 Å². The summed E-state index contributed by atoms with van der Waals surface area (Å²) < 4.78 is 5.71. The van der Waals surface area contributed by atoms with Gasteiger partial charge in [0.1, 0.15) is 0 Å². The Morgan fingerprint density at radius 1 is 0.377 bits per heavy atom. The van der Waals surface area contributed by atoms with E-state index in [2.05, 4.69) is 143 Å². The van der Waals surface area contributed by atoms with E-state index in [1.165, 1.54) is 5.39 Å². The van der Waals surface area contributed by atoms with Gasteiger partial charge < -0.3 is 0 Å². The zero-order valence-electron chi connectivity index (χ0n) is 28.3. The zero-order valence-corrected chi connectivity index (χ0v) is 29.1. The number of hydrogen-bond acceptors (Lipinski definition) is 5. The van der Waals surface area contributed by atoms with Gasteiger partial charge in [-0.3, -0.25) is 9.13 Å². The number of hydrogen-bond donors (Lipinski definition) is 0. The largest absolute Gasteiger partial charge is 0.283 e. The first-order chi connectivity index (χ1) is 26.3. The molecule has 0 aliphatic carbocycles. The predicted molar refractivity (Wildman–Crippen MR) is 218 cm³/mol. The van der Waals surface area contributed by atoms with Crippen LogP contribution in [0.25, 0.3) is 98.8 Å². The lowest BCUT2D eigenvalue weighted by Crippen LogP contribution is -2.07. The van der Waals surface area contributed by atoms with E-state index in [-0.39, 0.29) is 0 Å². The SMILES string of the molecule is c1ccc(-c2nc(-c3ccccc3-c3ccccc3)nc(-n3c4ccccc4c4ccc5c6ccccc6n(-c6nc7ccccc7s6)c5c43)n2)cc1. The molecule has 7 aromatic carbocycles. The van der Waals surface area contributed by atoms with Gasteiger partial charge in [-0.1, -0.05) is 157 Å². The third-order valence-electron chi connectivity index (χ3n) is 10.1. The molecule has 11 aromatic rings. The van der Waals surface area contributed by atoms with Crippen molar-refractivity contribution in [2.75, 3.05) is 0 Å². The smallest absolute Gasteiger partial charge is 0.238 e. The Morgan fingerprint density at radius 2 is 0.925 bits per heavy atom. The topological polar surface area (TPSA) is 61.4 Å². The number of nitrogens with zero attached hydrogens (tertiary/aromatic N) is 6. The van der Waals surface area contributed by atoms with Crippen LogP contribution in [0.15, 0.2) is 170 Å². The molecule has 0 aliphatic rings. The number of para-hydroxylation sites is 3. The summed E-state index contributed by atoms with van der Waals surface area (Å²) in [4.78, 5) is 21.0. The van der Waals surface area contributed by atoms with E-state index in [9.17, 15) is 0 Å². The lowest BCUT2D eigenvalue weighted by Gasteiger charge is -2.14. The van der Waals surface area contributed by atoms with Crippen LogP contribution in [0.5, 0.6) is 0 Å². The van der Waals surface area contributed by atoms with Crippen molar-refractivity contribution in [3.63, 3.8) is 0 Å². The van der Waals surface area contributed by atoms with Crippen LogP contribution in [-0.2, 0) is 0 Å². The molecule has 0 fully saturated rings. The van der Waals surface area contributed by atoms with Crippen molar-refractivity contribution in [2.45, 2.75) is 0 Å². The molecule has 0 atom stereocenters. The van der Waals surface area contributed by atoms with Crippen molar-refractivity contribution in [1.82, 2.24) is 29.1 Å². The Labute approximate surface area is 307 Å². The van der Waals surface area contributed by atoms with Gasteiger partial charge in [0.15, 0.2) is 16.8 Å². The number of rotatable bonds is 5. The van der Waals surface area contributed by atoms with Gasteiger partial charge in [-0.15, -0.1) is 0 Å². The van der Waals surface area contributed by atoms with E-state index < -0.39 is 0 Å². The average Bonchev–Trinajstić information content (AvgIpc) is 3.91. The number of fused-ring (bicyclic) bond motifs is 8. The minimum absolute atomic E-state index is 0.552. The van der Waals surface area contributed by atoms with Gasteiger partial charge in [-0.25, -0.2) is 9.97 Å². The van der Waals surface area contributed by atoms with Crippen LogP contribution in [0.4, 0.5) is 0 Å². The molecule has 248 valence electrons. The van der Waals surface area contributed by atoms with E-state index in [0.717, 1.165) is 75.8 Å². The zero-order chi connectivity index (χ0) is 34.9. The Bertz CT molecular complexity index is 3140. The minimum Gasteiger partial charge on any atom is -0.283 e. The molecule has 11 rings (SSSR count). The monoisotopic (exact) mass is 696 g/mol. The molecule has 4 heterocycles. The summed E-state index contributed by atoms with van der Waals surface area (Å²) in [7, 11) is 0. The summed E-state index contributed by atoms with van der Waals surface area (Å²) in [5.74, 6) is 1.77. The summed E-state index contributed by atoms with van der Waals surface area (Å²) in [6.07, 6.45) is 0. The molecule has 0 spiro atoms. The molecule has 6 nitrogen and oxygen atoms in total. The van der Waals surface area contributed by atoms with Crippen molar-refractivity contribution in [3.8, 4) is 45.0 Å². The molecule has 0 N–H and O–H groups in total. The van der Waals surface area contributed by atoms with Crippen LogP contribution in [0.2, 0.25) is 0 Å². The van der Waals surface area contributed by atoms with Crippen LogP contribution in [-0.4, -0.2) is 29.1 Å². The van der Waals surface area contributed by atoms with Crippen LogP contribution in [0, 0.1) is 0 Å². The molecule has 0 radical (unpaired) electrons. The molecular weight excluding hydrogens is 669 g/mol. The Kier molecular flexibility index (Phi) is 6.62. The second-order valence-electron chi connectivity index (χ2n) is 13.1. The van der Waals surface area contributed by atoms with Gasteiger partial charge in [-0.05, 0) is 35.4 Å². The van der Waals surface area contributed by atoms with Gasteiger partial charge in [0, 0.05) is 32.7 Å². The van der Waals surface area contributed by atoms with Gasteiger partial charge in [0.05, 0.1) is 32.3 Å². The minimum atomic E-state index is 0.552. The first-order valence-electron chi connectivity index (χ1n) is 17.6. The number of aromatic nitrogens is 6. The predicted octanol–water partition coefficient (Wildman–Crippen LogP) is 11.7. The fourth-order valence-electron chi connectivity index (χ4n) is 7.71. The van der Waals surface area contributed by atoms with Crippen molar-refractivity contribution < 1.29 is 0 Å². The summed E-state index contributed by atoms with van der Waals surface area (Å²) in [5.41, 5.74) is 9.21. The molecule has 53 heavy (non-hydrogen) atoms. The van der Waals surface area contributed by atoms with Crippen LogP contribution >= 0.6 is 11.3 Å². The Morgan fingerprint density at radius 3 is 1.64 bits per heavy atom. The summed E-state index contributed by atoms with van der Waals surface area (Å²) in [6, 6.07) is 58.9. The highest BCUT2D eigenvalue weighted by molar-refractivity contribution is 7.20. The van der Waals surface area contributed by atoms with Gasteiger partial charge in [0.2, 0.25) is 5.95 Å². The van der Waals surface area contributed by atoms with Crippen molar-refractivity contribution in [1.29, 1.82) is 0 Å². The second kappa shape index (κ2) is 11.8. The van der Waals surface area contributed by atoms with E-state index in [0.29, 0.717) is 17.6 Å². The van der Waals surface area contributed by atoms with Crippen molar-refractivity contribution in [2.24, 2.45) is 0 Å². The third kappa shape index (κ3) is 4.64. The van der Waals surface area contributed by atoms with Crippen molar-refractivity contribution >= 4 is 65.2 Å². The van der Waals surface area contributed by atoms with Gasteiger partial charge >= 0.3 is 0 Å². The molecule has 0 bridgehead atoms. The summed E-state index contributed by atoms with van der Waals surface area (Å²) in [5, 5.41) is 5.46. The molecule has 4 aromatic heterocycles. The molecule has 0 saturated heterocycles. The number of benzene rings is 7. The van der Waals surface area contributed by atoms with Crippen LogP contribution < -0.4 is 0 Å². The van der Waals surface area contributed by atoms with Crippen molar-refractivity contribution in [3.05, 3.63) is 170 Å². The van der Waals surface area contributed by atoms with Gasteiger partial charge in [0.25, 0.3) is 0 Å². The first-order valence-corrected chi connectivity index (χ1v) is 18.4. The fraction of sp³-hybridized carbons (Fsp3) is 0. The maximum atomic E-state index is 5.37. The summed E-state index contributed by atoms with van der Waals surface area (Å²) in [6.45, 7) is 0. The molecule has 7 heteroatoms. The fourth-order valence-corrected chi connectivity index (χ4v) is 8.70. The van der Waals surface area contributed by atoms with Crippen LogP contribution in [0.1, 0.15) is 0 Å². The standard InChI is InChI=1S/C46H28N6S/c1-3-15-29(16-4-1)31-19-7-8-22-36(31)44-48-43(30-17-5-2-6-18-30)49-45(50-44)51-38-24-12-9-20-32(38)34-27-28-35-33-21-10-13-25-39(33)52(42(35)41(34)51)46-47-37-23-11-14-26-40(37)53-46/h1-28H. The lowest BCUT2D eigenvalue weighted by molar-refractivity contribution is 0.953. The second-order valence-corrected chi connectivity index (χ2v) is 14.1. The van der Waals surface area contributed by atoms with E-state index >= 15 is 0 Å². The molecular formula is C46H28N6S. The maximum absolute atomic E-state index is 5.37.